The van der Waals surface area contributed by atoms with E-state index < -0.39 is 15.8 Å². The number of hydrogen-bond donors (Lipinski definition) is 0. The average Bonchev–Trinajstić information content (AvgIpc) is 2.78. The normalized spacial score (nSPS) is 10.6. The number of carbonyl (C=O) groups is 2. The summed E-state index contributed by atoms with van der Waals surface area (Å²) in [5.74, 6) is -0.952. The second-order valence-corrected chi connectivity index (χ2v) is 6.27. The van der Waals surface area contributed by atoms with Crippen molar-refractivity contribution < 1.29 is 24.2 Å². The predicted octanol–water partition coefficient (Wildman–Crippen LogP) is 4.62. The van der Waals surface area contributed by atoms with E-state index in [-0.39, 0.29) is 28.5 Å². The van der Waals surface area contributed by atoms with Gasteiger partial charge in [0.2, 0.25) is 0 Å². The third-order valence-electron chi connectivity index (χ3n) is 4.15. The first-order chi connectivity index (χ1) is 14.8. The molecule has 0 unspecified atom stereocenters. The quantitative estimate of drug-likeness (QED) is 0.137. The van der Waals surface area contributed by atoms with E-state index in [9.17, 15) is 29.8 Å². The lowest BCUT2D eigenvalue weighted by molar-refractivity contribution is -0.385. The number of benzene rings is 3. The van der Waals surface area contributed by atoms with Gasteiger partial charge < -0.3 is 4.74 Å². The molecule has 3 rings (SSSR count). The summed E-state index contributed by atoms with van der Waals surface area (Å²) in [6, 6.07) is 16.8. The van der Waals surface area contributed by atoms with Gasteiger partial charge in [0.15, 0.2) is 5.78 Å². The third kappa shape index (κ3) is 5.45. The van der Waals surface area contributed by atoms with Crippen LogP contribution in [0.4, 0.5) is 11.4 Å². The number of ether oxygens (including phenoxy) is 1. The summed E-state index contributed by atoms with van der Waals surface area (Å²) in [4.78, 5) is 45.0. The lowest BCUT2D eigenvalue weighted by atomic mass is 10.1. The van der Waals surface area contributed by atoms with Crippen molar-refractivity contribution in [2.45, 2.75) is 0 Å². The van der Waals surface area contributed by atoms with Crippen molar-refractivity contribution in [3.05, 3.63) is 116 Å². The molecule has 31 heavy (non-hydrogen) atoms. The fourth-order valence-corrected chi connectivity index (χ4v) is 2.61. The SMILES string of the molecule is O=C(/C=C/c1cccc([N+](=O)[O-])c1)c1ccc(OC(=O)c2cccc([N+](=O)[O-])c2)cc1. The van der Waals surface area contributed by atoms with Gasteiger partial charge in [-0.15, -0.1) is 0 Å². The first kappa shape index (κ1) is 21.1. The highest BCUT2D eigenvalue weighted by Crippen LogP contribution is 2.19. The molecule has 0 atom stereocenters. The second-order valence-electron chi connectivity index (χ2n) is 6.27. The van der Waals surface area contributed by atoms with E-state index in [1.807, 2.05) is 0 Å². The van der Waals surface area contributed by atoms with Gasteiger partial charge in [0, 0.05) is 29.8 Å². The smallest absolute Gasteiger partial charge is 0.343 e. The predicted molar refractivity (Wildman–Crippen MR) is 111 cm³/mol. The minimum atomic E-state index is -0.770. The topological polar surface area (TPSA) is 130 Å². The Hall–Kier alpha value is -4.66. The van der Waals surface area contributed by atoms with Gasteiger partial charge in [-0.25, -0.2) is 4.79 Å². The molecular weight excluding hydrogens is 404 g/mol. The van der Waals surface area contributed by atoms with E-state index in [0.29, 0.717) is 11.1 Å². The van der Waals surface area contributed by atoms with Crippen molar-refractivity contribution in [3.8, 4) is 5.75 Å². The maximum atomic E-state index is 12.3. The summed E-state index contributed by atoms with van der Waals surface area (Å²) >= 11 is 0. The number of ketones is 1. The Morgan fingerprint density at radius 2 is 1.39 bits per heavy atom. The molecule has 0 N–H and O–H groups in total. The highest BCUT2D eigenvalue weighted by molar-refractivity contribution is 6.07. The van der Waals surface area contributed by atoms with Crippen LogP contribution in [-0.4, -0.2) is 21.6 Å². The fourth-order valence-electron chi connectivity index (χ4n) is 2.61. The van der Waals surface area contributed by atoms with Crippen molar-refractivity contribution in [2.75, 3.05) is 0 Å². The molecule has 0 bridgehead atoms. The van der Waals surface area contributed by atoms with Crippen LogP contribution in [-0.2, 0) is 0 Å². The van der Waals surface area contributed by atoms with E-state index in [2.05, 4.69) is 0 Å². The number of esters is 1. The van der Waals surface area contributed by atoms with Crippen molar-refractivity contribution >= 4 is 29.2 Å². The van der Waals surface area contributed by atoms with Crippen LogP contribution in [0.15, 0.2) is 78.9 Å². The number of nitrogens with zero attached hydrogens (tertiary/aromatic N) is 2. The summed E-state index contributed by atoms with van der Waals surface area (Å²) in [6.45, 7) is 0. The van der Waals surface area contributed by atoms with Gasteiger partial charge in [-0.05, 0) is 42.0 Å². The molecule has 0 saturated carbocycles. The Bertz CT molecular complexity index is 1200. The average molecular weight is 418 g/mol. The maximum absolute atomic E-state index is 12.3. The van der Waals surface area contributed by atoms with Crippen LogP contribution in [0.5, 0.6) is 5.75 Å². The molecule has 0 aliphatic carbocycles. The number of non-ortho nitro benzene ring substituents is 2. The van der Waals surface area contributed by atoms with Gasteiger partial charge in [0.25, 0.3) is 11.4 Å². The number of carbonyl (C=O) groups excluding carboxylic acids is 2. The number of hydrogen-bond acceptors (Lipinski definition) is 7. The zero-order valence-corrected chi connectivity index (χ0v) is 15.8. The Morgan fingerprint density at radius 3 is 2.03 bits per heavy atom. The molecule has 154 valence electrons. The lowest BCUT2D eigenvalue weighted by Gasteiger charge is -2.05. The third-order valence-corrected chi connectivity index (χ3v) is 4.15. The van der Waals surface area contributed by atoms with Crippen LogP contribution < -0.4 is 4.74 Å². The standard InChI is InChI=1S/C22H14N2O7/c25-21(12-7-15-3-1-5-18(13-15)23(27)28)16-8-10-20(11-9-16)31-22(26)17-4-2-6-19(14-17)24(29)30/h1-14H/b12-7+. The molecule has 0 aromatic heterocycles. The van der Waals surface area contributed by atoms with Crippen molar-refractivity contribution in [2.24, 2.45) is 0 Å². The van der Waals surface area contributed by atoms with Crippen LogP contribution in [0.3, 0.4) is 0 Å². The Morgan fingerprint density at radius 1 is 0.774 bits per heavy atom. The molecule has 3 aromatic rings. The Labute approximate surface area is 175 Å². The molecule has 0 aliphatic heterocycles. The first-order valence-corrected chi connectivity index (χ1v) is 8.87. The summed E-state index contributed by atoms with van der Waals surface area (Å²) < 4.78 is 5.18. The fraction of sp³-hybridized carbons (Fsp3) is 0. The number of nitro groups is 2. The number of allylic oxidation sites excluding steroid dienone is 1. The van der Waals surface area contributed by atoms with Crippen LogP contribution in [0.2, 0.25) is 0 Å². The monoisotopic (exact) mass is 418 g/mol. The molecule has 3 aromatic carbocycles. The van der Waals surface area contributed by atoms with Crippen molar-refractivity contribution in [3.63, 3.8) is 0 Å². The van der Waals surface area contributed by atoms with E-state index >= 15 is 0 Å². The molecule has 0 aliphatic rings. The highest BCUT2D eigenvalue weighted by Gasteiger charge is 2.14. The molecule has 9 nitrogen and oxygen atoms in total. The van der Waals surface area contributed by atoms with Crippen LogP contribution in [0.1, 0.15) is 26.3 Å². The lowest BCUT2D eigenvalue weighted by Crippen LogP contribution is -2.09. The zero-order valence-electron chi connectivity index (χ0n) is 15.8. The molecule has 0 heterocycles. The van der Waals surface area contributed by atoms with Crippen LogP contribution in [0, 0.1) is 20.2 Å². The van der Waals surface area contributed by atoms with Gasteiger partial charge in [-0.3, -0.25) is 25.0 Å². The highest BCUT2D eigenvalue weighted by atomic mass is 16.6. The second kappa shape index (κ2) is 9.23. The summed E-state index contributed by atoms with van der Waals surface area (Å²) in [5.41, 5.74) is 0.534. The molecule has 0 saturated heterocycles. The van der Waals surface area contributed by atoms with E-state index in [1.54, 1.807) is 6.07 Å². The van der Waals surface area contributed by atoms with Gasteiger partial charge in [0.1, 0.15) is 5.75 Å². The molecule has 0 spiro atoms. The van der Waals surface area contributed by atoms with Gasteiger partial charge in [-0.2, -0.15) is 0 Å². The summed E-state index contributed by atoms with van der Waals surface area (Å²) in [5, 5.41) is 21.6. The minimum Gasteiger partial charge on any atom is -0.423 e. The number of nitro benzene ring substituents is 2. The molecule has 0 amide bonds. The molecule has 9 heteroatoms. The molecular formula is C22H14N2O7. The molecule has 0 radical (unpaired) electrons. The zero-order chi connectivity index (χ0) is 22.4. The number of rotatable bonds is 7. The summed E-state index contributed by atoms with van der Waals surface area (Å²) in [6.07, 6.45) is 2.74. The molecule has 0 fully saturated rings. The van der Waals surface area contributed by atoms with E-state index in [0.717, 1.165) is 6.07 Å². The Kier molecular flexibility index (Phi) is 6.27. The van der Waals surface area contributed by atoms with Crippen molar-refractivity contribution in [1.82, 2.24) is 0 Å². The van der Waals surface area contributed by atoms with Gasteiger partial charge in [-0.1, -0.05) is 24.3 Å². The first-order valence-electron chi connectivity index (χ1n) is 8.87. The Balaban J connectivity index is 1.67. The van der Waals surface area contributed by atoms with E-state index in [4.69, 9.17) is 4.74 Å². The largest absolute Gasteiger partial charge is 0.423 e. The minimum absolute atomic E-state index is 0.0224. The van der Waals surface area contributed by atoms with Crippen molar-refractivity contribution in [1.29, 1.82) is 0 Å². The van der Waals surface area contributed by atoms with Crippen LogP contribution >= 0.6 is 0 Å². The van der Waals surface area contributed by atoms with Crippen LogP contribution in [0.25, 0.3) is 6.08 Å². The maximum Gasteiger partial charge on any atom is 0.343 e. The van der Waals surface area contributed by atoms with E-state index in [1.165, 1.54) is 72.8 Å². The van der Waals surface area contributed by atoms with Gasteiger partial charge in [0.05, 0.1) is 15.4 Å². The van der Waals surface area contributed by atoms with Gasteiger partial charge >= 0.3 is 5.97 Å². The summed E-state index contributed by atoms with van der Waals surface area (Å²) in [7, 11) is 0.